The number of hydrogen-bond donors (Lipinski definition) is 2. The lowest BCUT2D eigenvalue weighted by Gasteiger charge is -2.10. The maximum Gasteiger partial charge on any atom is 0.251 e. The van der Waals surface area contributed by atoms with Gasteiger partial charge >= 0.3 is 0 Å². The molecule has 3 nitrogen and oxygen atoms in total. The molecule has 0 atom stereocenters. The monoisotopic (exact) mass is 274 g/mol. The van der Waals surface area contributed by atoms with Crippen molar-refractivity contribution in [3.63, 3.8) is 0 Å². The number of amides is 1. The zero-order chi connectivity index (χ0) is 13.8. The molecule has 0 saturated heterocycles. The van der Waals surface area contributed by atoms with Gasteiger partial charge in [-0.25, -0.2) is 0 Å². The van der Waals surface area contributed by atoms with E-state index < -0.39 is 0 Å². The molecule has 0 fully saturated rings. The third-order valence-electron chi connectivity index (χ3n) is 2.98. The summed E-state index contributed by atoms with van der Waals surface area (Å²) in [5.41, 5.74) is 2.83. The first-order valence-electron chi connectivity index (χ1n) is 6.22. The van der Waals surface area contributed by atoms with Crippen LogP contribution in [0.4, 0.5) is 5.69 Å². The molecule has 2 aromatic rings. The fourth-order valence-electron chi connectivity index (χ4n) is 1.86. The van der Waals surface area contributed by atoms with Gasteiger partial charge in [-0.05, 0) is 43.7 Å². The van der Waals surface area contributed by atoms with Gasteiger partial charge in [-0.2, -0.15) is 0 Å². The molecule has 0 saturated carbocycles. The molecule has 0 aliphatic rings. The molecule has 2 rings (SSSR count). The molecular weight excluding hydrogens is 256 g/mol. The van der Waals surface area contributed by atoms with E-state index in [1.807, 2.05) is 25.1 Å². The van der Waals surface area contributed by atoms with E-state index in [1.165, 1.54) is 9.75 Å². The van der Waals surface area contributed by atoms with Crippen LogP contribution in [-0.4, -0.2) is 13.0 Å². The Balaban J connectivity index is 2.12. The van der Waals surface area contributed by atoms with Crippen molar-refractivity contribution in [2.75, 3.05) is 12.4 Å². The summed E-state index contributed by atoms with van der Waals surface area (Å²) < 4.78 is 0. The molecule has 0 radical (unpaired) electrons. The molecule has 4 heteroatoms. The number of carbonyl (C=O) groups is 1. The van der Waals surface area contributed by atoms with Crippen LogP contribution in [0.5, 0.6) is 0 Å². The van der Waals surface area contributed by atoms with Crippen LogP contribution < -0.4 is 10.6 Å². The van der Waals surface area contributed by atoms with Gasteiger partial charge in [-0.15, -0.1) is 11.3 Å². The second-order valence-corrected chi connectivity index (χ2v) is 5.85. The zero-order valence-corrected chi connectivity index (χ0v) is 12.2. The number of nitrogens with one attached hydrogen (secondary N) is 2. The number of hydrogen-bond acceptors (Lipinski definition) is 3. The number of benzene rings is 1. The Morgan fingerprint density at radius 3 is 2.63 bits per heavy atom. The first-order chi connectivity index (χ1) is 9.10. The highest BCUT2D eigenvalue weighted by atomic mass is 32.1. The van der Waals surface area contributed by atoms with Crippen LogP contribution in [0.25, 0.3) is 0 Å². The Hall–Kier alpha value is -1.81. The predicted octanol–water partition coefficient (Wildman–Crippen LogP) is 3.34. The Labute approximate surface area is 117 Å². The molecule has 0 aliphatic carbocycles. The van der Waals surface area contributed by atoms with Gasteiger partial charge in [0.1, 0.15) is 0 Å². The fourth-order valence-corrected chi connectivity index (χ4v) is 2.69. The molecule has 1 aromatic carbocycles. The molecule has 0 spiro atoms. The zero-order valence-electron chi connectivity index (χ0n) is 11.4. The van der Waals surface area contributed by atoms with Crippen LogP contribution in [0.2, 0.25) is 0 Å². The van der Waals surface area contributed by atoms with Crippen LogP contribution in [0, 0.1) is 13.8 Å². The van der Waals surface area contributed by atoms with Crippen molar-refractivity contribution in [3.05, 3.63) is 51.2 Å². The molecule has 0 unspecified atom stereocenters. The molecule has 19 heavy (non-hydrogen) atoms. The standard InChI is InChI=1S/C15H18N2OS/c1-10-4-6-12(15(18)16-3)8-14(10)17-9-13-7-5-11(2)19-13/h4-8,17H,9H2,1-3H3,(H,16,18). The van der Waals surface area contributed by atoms with Gasteiger partial charge < -0.3 is 10.6 Å². The van der Waals surface area contributed by atoms with Crippen molar-refractivity contribution in [2.24, 2.45) is 0 Å². The van der Waals surface area contributed by atoms with E-state index in [0.29, 0.717) is 5.56 Å². The first kappa shape index (κ1) is 13.6. The van der Waals surface area contributed by atoms with Crippen LogP contribution in [0.15, 0.2) is 30.3 Å². The van der Waals surface area contributed by atoms with E-state index in [1.54, 1.807) is 18.4 Å². The summed E-state index contributed by atoms with van der Waals surface area (Å²) in [7, 11) is 1.64. The number of aryl methyl sites for hydroxylation is 2. The van der Waals surface area contributed by atoms with Crippen molar-refractivity contribution < 1.29 is 4.79 Å². The Kier molecular flexibility index (Phi) is 4.22. The van der Waals surface area contributed by atoms with Crippen molar-refractivity contribution in [2.45, 2.75) is 20.4 Å². The van der Waals surface area contributed by atoms with E-state index in [2.05, 4.69) is 29.7 Å². The summed E-state index contributed by atoms with van der Waals surface area (Å²) in [6.07, 6.45) is 0. The lowest BCUT2D eigenvalue weighted by atomic mass is 10.1. The van der Waals surface area contributed by atoms with Gasteiger partial charge in [0.15, 0.2) is 0 Å². The minimum Gasteiger partial charge on any atom is -0.380 e. The summed E-state index contributed by atoms with van der Waals surface area (Å²) >= 11 is 1.79. The van der Waals surface area contributed by atoms with Crippen LogP contribution in [0.3, 0.4) is 0 Å². The maximum absolute atomic E-state index is 11.6. The van der Waals surface area contributed by atoms with Gasteiger partial charge in [0.2, 0.25) is 0 Å². The summed E-state index contributed by atoms with van der Waals surface area (Å²) in [4.78, 5) is 14.2. The normalized spacial score (nSPS) is 10.3. The largest absolute Gasteiger partial charge is 0.380 e. The van der Waals surface area contributed by atoms with Crippen molar-refractivity contribution in [1.29, 1.82) is 0 Å². The number of rotatable bonds is 4. The van der Waals surface area contributed by atoms with Gasteiger partial charge in [0.25, 0.3) is 5.91 Å². The smallest absolute Gasteiger partial charge is 0.251 e. The second-order valence-electron chi connectivity index (χ2n) is 4.47. The number of anilines is 1. The molecule has 0 aliphatic heterocycles. The summed E-state index contributed by atoms with van der Waals surface area (Å²) in [6.45, 7) is 4.93. The highest BCUT2D eigenvalue weighted by molar-refractivity contribution is 7.11. The SMILES string of the molecule is CNC(=O)c1ccc(C)c(NCc2ccc(C)s2)c1. The Morgan fingerprint density at radius 1 is 1.21 bits per heavy atom. The number of thiophene rings is 1. The molecule has 1 aromatic heterocycles. The minimum absolute atomic E-state index is 0.0602. The van der Waals surface area contributed by atoms with Crippen LogP contribution >= 0.6 is 11.3 Å². The first-order valence-corrected chi connectivity index (χ1v) is 7.03. The minimum atomic E-state index is -0.0602. The van der Waals surface area contributed by atoms with Gasteiger partial charge in [-0.1, -0.05) is 6.07 Å². The van der Waals surface area contributed by atoms with Crippen molar-refractivity contribution in [1.82, 2.24) is 5.32 Å². The second kappa shape index (κ2) is 5.89. The molecular formula is C15H18N2OS. The molecule has 2 N–H and O–H groups in total. The highest BCUT2D eigenvalue weighted by Gasteiger charge is 2.06. The van der Waals surface area contributed by atoms with E-state index in [4.69, 9.17) is 0 Å². The summed E-state index contributed by atoms with van der Waals surface area (Å²) in [6, 6.07) is 9.95. The molecule has 100 valence electrons. The molecule has 1 amide bonds. The van der Waals surface area contributed by atoms with Crippen LogP contribution in [-0.2, 0) is 6.54 Å². The molecule has 1 heterocycles. The lowest BCUT2D eigenvalue weighted by molar-refractivity contribution is 0.0963. The Bertz CT molecular complexity index is 590. The van der Waals surface area contributed by atoms with E-state index in [0.717, 1.165) is 17.8 Å². The third kappa shape index (κ3) is 3.35. The van der Waals surface area contributed by atoms with E-state index >= 15 is 0 Å². The van der Waals surface area contributed by atoms with Crippen molar-refractivity contribution >= 4 is 22.9 Å². The summed E-state index contributed by atoms with van der Waals surface area (Å²) in [5.74, 6) is -0.0602. The maximum atomic E-state index is 11.6. The van der Waals surface area contributed by atoms with Gasteiger partial charge in [-0.3, -0.25) is 4.79 Å². The quantitative estimate of drug-likeness (QED) is 0.898. The fraction of sp³-hybridized carbons (Fsp3) is 0.267. The number of carbonyl (C=O) groups excluding carboxylic acids is 1. The Morgan fingerprint density at radius 2 is 2.00 bits per heavy atom. The predicted molar refractivity (Wildman–Crippen MR) is 81.0 cm³/mol. The van der Waals surface area contributed by atoms with Gasteiger partial charge in [0, 0.05) is 34.6 Å². The average Bonchev–Trinajstić information content (AvgIpc) is 2.82. The lowest BCUT2D eigenvalue weighted by Crippen LogP contribution is -2.18. The van der Waals surface area contributed by atoms with E-state index in [9.17, 15) is 4.79 Å². The van der Waals surface area contributed by atoms with Crippen LogP contribution in [0.1, 0.15) is 25.7 Å². The highest BCUT2D eigenvalue weighted by Crippen LogP contribution is 2.20. The topological polar surface area (TPSA) is 41.1 Å². The summed E-state index contributed by atoms with van der Waals surface area (Å²) in [5, 5.41) is 6.03. The average molecular weight is 274 g/mol. The third-order valence-corrected chi connectivity index (χ3v) is 3.98. The van der Waals surface area contributed by atoms with Crippen molar-refractivity contribution in [3.8, 4) is 0 Å². The van der Waals surface area contributed by atoms with E-state index in [-0.39, 0.29) is 5.91 Å². The molecule has 0 bridgehead atoms. The van der Waals surface area contributed by atoms with Gasteiger partial charge in [0.05, 0.1) is 0 Å².